The third-order valence-electron chi connectivity index (χ3n) is 5.22. The zero-order chi connectivity index (χ0) is 17.3. The minimum Gasteiger partial charge on any atom is -0.324 e. The first-order valence-electron chi connectivity index (χ1n) is 8.84. The second-order valence-corrected chi connectivity index (χ2v) is 6.62. The van der Waals surface area contributed by atoms with E-state index in [4.69, 9.17) is 6.57 Å². The van der Waals surface area contributed by atoms with Crippen LogP contribution in [0.1, 0.15) is 23.6 Å². The van der Waals surface area contributed by atoms with Crippen LogP contribution in [0.15, 0.2) is 30.6 Å². The van der Waals surface area contributed by atoms with Crippen LogP contribution in [0.25, 0.3) is 4.85 Å². The van der Waals surface area contributed by atoms with Crippen LogP contribution in [0.2, 0.25) is 0 Å². The third kappa shape index (κ3) is 2.76. The fourth-order valence-electron chi connectivity index (χ4n) is 3.79. The van der Waals surface area contributed by atoms with Crippen molar-refractivity contribution in [2.75, 3.05) is 31.5 Å². The van der Waals surface area contributed by atoms with Gasteiger partial charge >= 0.3 is 5.66 Å². The van der Waals surface area contributed by atoms with Crippen molar-refractivity contribution in [2.45, 2.75) is 25.4 Å². The van der Waals surface area contributed by atoms with Crippen molar-refractivity contribution in [3.63, 3.8) is 0 Å². The summed E-state index contributed by atoms with van der Waals surface area (Å²) in [4.78, 5) is 15.4. The fourth-order valence-corrected chi connectivity index (χ4v) is 3.79. The summed E-state index contributed by atoms with van der Waals surface area (Å²) in [6, 6.07) is 6.36. The predicted octanol–water partition coefficient (Wildman–Crippen LogP) is 2.36. The molecule has 2 N–H and O–H groups in total. The number of nitrogens with one attached hydrogen (secondary N) is 2. The number of piperazine rings is 1. The maximum absolute atomic E-state index is 5.86. The Morgan fingerprint density at radius 3 is 2.92 bits per heavy atom. The van der Waals surface area contributed by atoms with Gasteiger partial charge < -0.3 is 10.6 Å². The summed E-state index contributed by atoms with van der Waals surface area (Å²) in [6.45, 7) is 11.6. The lowest BCUT2D eigenvalue weighted by Crippen LogP contribution is -2.59. The molecule has 1 aromatic carbocycles. The van der Waals surface area contributed by atoms with Gasteiger partial charge in [0.25, 0.3) is 6.57 Å². The molecule has 2 aromatic rings. The van der Waals surface area contributed by atoms with Crippen LogP contribution < -0.4 is 10.6 Å². The Morgan fingerprint density at radius 1 is 1.32 bits per heavy atom. The first kappa shape index (κ1) is 16.0. The molecular formula is C19H23N6+. The molecule has 0 bridgehead atoms. The lowest BCUT2D eigenvalue weighted by atomic mass is 9.86. The van der Waals surface area contributed by atoms with Gasteiger partial charge in [-0.15, -0.1) is 0 Å². The maximum Gasteiger partial charge on any atom is 0.375 e. The highest BCUT2D eigenvalue weighted by molar-refractivity contribution is 5.58. The summed E-state index contributed by atoms with van der Waals surface area (Å²) >= 11 is 0. The maximum atomic E-state index is 5.86. The highest BCUT2D eigenvalue weighted by Crippen LogP contribution is 2.39. The molecule has 1 fully saturated rings. The SMILES string of the molecule is C#[N+][C@@]12CNCCN1CCc1cc(Nc3ncc(CC)cn3)ccc12. The van der Waals surface area contributed by atoms with Crippen molar-refractivity contribution in [1.82, 2.24) is 20.2 Å². The topological polar surface area (TPSA) is 57.4 Å². The van der Waals surface area contributed by atoms with Gasteiger partial charge in [-0.3, -0.25) is 0 Å². The van der Waals surface area contributed by atoms with Gasteiger partial charge in [-0.05, 0) is 42.2 Å². The highest BCUT2D eigenvalue weighted by atomic mass is 15.3. The van der Waals surface area contributed by atoms with Gasteiger partial charge in [0.2, 0.25) is 5.95 Å². The number of anilines is 2. The Morgan fingerprint density at radius 2 is 2.16 bits per heavy atom. The molecule has 0 amide bonds. The number of aryl methyl sites for hydroxylation is 1. The van der Waals surface area contributed by atoms with Gasteiger partial charge in [-0.1, -0.05) is 11.8 Å². The number of rotatable bonds is 3. The normalized spacial score (nSPS) is 22.6. The van der Waals surface area contributed by atoms with Crippen LogP contribution in [0.5, 0.6) is 0 Å². The largest absolute Gasteiger partial charge is 0.375 e. The summed E-state index contributed by atoms with van der Waals surface area (Å²) < 4.78 is 0. The summed E-state index contributed by atoms with van der Waals surface area (Å²) in [6.07, 6.45) is 5.66. The fraction of sp³-hybridized carbons (Fsp3) is 0.421. The van der Waals surface area contributed by atoms with E-state index in [0.29, 0.717) is 5.95 Å². The van der Waals surface area contributed by atoms with E-state index in [2.05, 4.69) is 55.5 Å². The molecule has 128 valence electrons. The highest BCUT2D eigenvalue weighted by Gasteiger charge is 2.53. The van der Waals surface area contributed by atoms with E-state index in [0.717, 1.165) is 50.3 Å². The molecule has 0 aliphatic carbocycles. The zero-order valence-corrected chi connectivity index (χ0v) is 14.5. The van der Waals surface area contributed by atoms with Crippen LogP contribution >= 0.6 is 0 Å². The molecule has 0 radical (unpaired) electrons. The Hall–Kier alpha value is -2.49. The van der Waals surface area contributed by atoms with Gasteiger partial charge in [0.05, 0.1) is 12.1 Å². The Balaban J connectivity index is 1.63. The van der Waals surface area contributed by atoms with Crippen molar-refractivity contribution in [3.8, 4) is 6.57 Å². The van der Waals surface area contributed by atoms with Crippen molar-refractivity contribution < 1.29 is 0 Å². The molecule has 6 nitrogen and oxygen atoms in total. The van der Waals surface area contributed by atoms with Crippen molar-refractivity contribution in [2.24, 2.45) is 0 Å². The molecule has 1 saturated heterocycles. The minimum atomic E-state index is -0.441. The molecule has 2 aliphatic rings. The number of nitrogens with zero attached hydrogens (tertiary/aromatic N) is 4. The first-order valence-corrected chi connectivity index (χ1v) is 8.84. The monoisotopic (exact) mass is 335 g/mol. The summed E-state index contributed by atoms with van der Waals surface area (Å²) in [5, 5.41) is 6.73. The van der Waals surface area contributed by atoms with E-state index in [-0.39, 0.29) is 0 Å². The predicted molar refractivity (Wildman–Crippen MR) is 99.3 cm³/mol. The molecule has 0 saturated carbocycles. The lowest BCUT2D eigenvalue weighted by Gasteiger charge is -2.40. The molecule has 1 atom stereocenters. The standard InChI is InChI=1S/C19H23N6/c1-3-14-11-22-18(23-12-14)24-16-4-5-17-15(10-16)6-8-25-9-7-21-13-19(17,25)20-2/h2,4-5,10-12,21H,3,6-9,13H2,1H3,(H,22,23,24)/q+1/t19-/m0/s1. The number of hydrogen-bond donors (Lipinski definition) is 2. The third-order valence-corrected chi connectivity index (χ3v) is 5.22. The van der Waals surface area contributed by atoms with Gasteiger partial charge in [0.1, 0.15) is 0 Å². The van der Waals surface area contributed by atoms with Gasteiger partial charge in [0.15, 0.2) is 0 Å². The lowest BCUT2D eigenvalue weighted by molar-refractivity contribution is 0.0859. The van der Waals surface area contributed by atoms with Crippen molar-refractivity contribution in [3.05, 3.63) is 52.1 Å². The van der Waals surface area contributed by atoms with Crippen molar-refractivity contribution >= 4 is 11.6 Å². The summed E-state index contributed by atoms with van der Waals surface area (Å²) in [5.74, 6) is 0.618. The Bertz CT molecular complexity index is 810. The van der Waals surface area contributed by atoms with Gasteiger partial charge in [-0.25, -0.2) is 14.9 Å². The number of benzene rings is 1. The van der Waals surface area contributed by atoms with Crippen LogP contribution in [0.4, 0.5) is 11.6 Å². The van der Waals surface area contributed by atoms with Crippen LogP contribution in [-0.2, 0) is 18.5 Å². The minimum absolute atomic E-state index is 0.441. The zero-order valence-electron chi connectivity index (χ0n) is 14.5. The second-order valence-electron chi connectivity index (χ2n) is 6.62. The van der Waals surface area contributed by atoms with Crippen LogP contribution in [-0.4, -0.2) is 41.0 Å². The smallest absolute Gasteiger partial charge is 0.324 e. The Kier molecular flexibility index (Phi) is 4.12. The number of hydrogen-bond acceptors (Lipinski definition) is 5. The van der Waals surface area contributed by atoms with E-state index < -0.39 is 5.66 Å². The molecule has 0 spiro atoms. The average Bonchev–Trinajstić information content (AvgIpc) is 2.68. The van der Waals surface area contributed by atoms with Crippen molar-refractivity contribution in [1.29, 1.82) is 0 Å². The van der Waals surface area contributed by atoms with E-state index in [1.54, 1.807) is 0 Å². The average molecular weight is 335 g/mol. The van der Waals surface area contributed by atoms with E-state index in [9.17, 15) is 0 Å². The molecule has 1 aromatic heterocycles. The summed E-state index contributed by atoms with van der Waals surface area (Å²) in [5.41, 5.74) is 4.16. The molecule has 0 unspecified atom stereocenters. The molecule has 3 heterocycles. The summed E-state index contributed by atoms with van der Waals surface area (Å²) in [7, 11) is 0. The van der Waals surface area contributed by atoms with Gasteiger partial charge in [0, 0.05) is 37.7 Å². The quantitative estimate of drug-likeness (QED) is 0.902. The second kappa shape index (κ2) is 6.43. The number of fused-ring (bicyclic) bond motifs is 3. The molecule has 2 aliphatic heterocycles. The Labute approximate surface area is 148 Å². The first-order chi connectivity index (χ1) is 12.2. The molecule has 6 heteroatoms. The van der Waals surface area contributed by atoms with E-state index in [1.165, 1.54) is 11.1 Å². The molecule has 4 rings (SSSR count). The van der Waals surface area contributed by atoms with E-state index >= 15 is 0 Å². The van der Waals surface area contributed by atoms with Crippen LogP contribution in [0.3, 0.4) is 0 Å². The molecular weight excluding hydrogens is 312 g/mol. The van der Waals surface area contributed by atoms with Gasteiger partial charge in [-0.2, -0.15) is 0 Å². The van der Waals surface area contributed by atoms with Crippen LogP contribution in [0, 0.1) is 6.57 Å². The molecule has 25 heavy (non-hydrogen) atoms. The number of aromatic nitrogens is 2. The van der Waals surface area contributed by atoms with E-state index in [1.807, 2.05) is 12.4 Å².